The first-order valence-corrected chi connectivity index (χ1v) is 13.8. The summed E-state index contributed by atoms with van der Waals surface area (Å²) in [6.07, 6.45) is 1.01. The monoisotopic (exact) mass is 347 g/mol. The zero-order chi connectivity index (χ0) is 17.6. The molecule has 0 N–H and O–H groups in total. The van der Waals surface area contributed by atoms with Crippen molar-refractivity contribution in [3.05, 3.63) is 0 Å². The first-order chi connectivity index (χ1) is 10.1. The molecule has 0 amide bonds. The molecule has 0 aliphatic heterocycles. The number of hydrogen-bond acceptors (Lipinski definition) is 3. The molecule has 0 heterocycles. The molecule has 0 unspecified atom stereocenters. The van der Waals surface area contributed by atoms with E-state index in [4.69, 9.17) is 8.85 Å². The SMILES string of the molecule is CCO[Si](C)(CN(CC)[Si](C(C)C)(C(C)C)C(C)C)OCC. The summed E-state index contributed by atoms with van der Waals surface area (Å²) in [4.78, 5) is 0. The Morgan fingerprint density at radius 1 is 0.773 bits per heavy atom. The summed E-state index contributed by atoms with van der Waals surface area (Å²) in [7, 11) is -3.74. The maximum absolute atomic E-state index is 6.13. The van der Waals surface area contributed by atoms with Crippen LogP contribution in [0.5, 0.6) is 0 Å². The summed E-state index contributed by atoms with van der Waals surface area (Å²) >= 11 is 0. The van der Waals surface area contributed by atoms with Crippen LogP contribution in [0.3, 0.4) is 0 Å². The maximum atomic E-state index is 6.13. The van der Waals surface area contributed by atoms with E-state index in [-0.39, 0.29) is 0 Å². The molecule has 0 aromatic heterocycles. The Hall–Kier alpha value is 0.314. The van der Waals surface area contributed by atoms with Crippen molar-refractivity contribution >= 4 is 16.8 Å². The summed E-state index contributed by atoms with van der Waals surface area (Å²) in [5.41, 5.74) is 2.19. The minimum atomic E-state index is -2.12. The van der Waals surface area contributed by atoms with Crippen molar-refractivity contribution < 1.29 is 8.85 Å². The van der Waals surface area contributed by atoms with E-state index in [1.165, 1.54) is 0 Å². The second kappa shape index (κ2) is 9.57. The lowest BCUT2D eigenvalue weighted by molar-refractivity contribution is 0.177. The van der Waals surface area contributed by atoms with Gasteiger partial charge in [0.2, 0.25) is 0 Å². The van der Waals surface area contributed by atoms with Crippen LogP contribution in [0.4, 0.5) is 0 Å². The van der Waals surface area contributed by atoms with Crippen molar-refractivity contribution in [2.45, 2.75) is 85.5 Å². The average Bonchev–Trinajstić information content (AvgIpc) is 2.37. The average molecular weight is 348 g/mol. The van der Waals surface area contributed by atoms with Gasteiger partial charge in [0.15, 0.2) is 0 Å². The van der Waals surface area contributed by atoms with E-state index in [0.29, 0.717) is 0 Å². The third-order valence-electron chi connectivity index (χ3n) is 5.08. The molecular weight excluding hydrogens is 306 g/mol. The molecule has 0 aliphatic rings. The van der Waals surface area contributed by atoms with E-state index in [2.05, 4.69) is 73.4 Å². The number of hydrogen-bond donors (Lipinski definition) is 0. The van der Waals surface area contributed by atoms with E-state index >= 15 is 0 Å². The Morgan fingerprint density at radius 3 is 1.36 bits per heavy atom. The van der Waals surface area contributed by atoms with Crippen molar-refractivity contribution in [3.8, 4) is 0 Å². The summed E-state index contributed by atoms with van der Waals surface area (Å²) in [5, 5.41) is 0. The largest absolute Gasteiger partial charge is 0.394 e. The molecule has 0 radical (unpaired) electrons. The highest BCUT2D eigenvalue weighted by Crippen LogP contribution is 2.44. The van der Waals surface area contributed by atoms with Gasteiger partial charge in [0.25, 0.3) is 0 Å². The zero-order valence-corrected chi connectivity index (χ0v) is 18.8. The molecule has 22 heavy (non-hydrogen) atoms. The normalized spacial score (nSPS) is 13.9. The Labute approximate surface area is 142 Å². The Kier molecular flexibility index (Phi) is 9.71. The van der Waals surface area contributed by atoms with Gasteiger partial charge in [0.1, 0.15) is 8.24 Å². The van der Waals surface area contributed by atoms with Gasteiger partial charge in [-0.2, -0.15) is 0 Å². The lowest BCUT2D eigenvalue weighted by Crippen LogP contribution is -2.65. The molecule has 0 saturated carbocycles. The van der Waals surface area contributed by atoms with Gasteiger partial charge in [-0.1, -0.05) is 48.5 Å². The smallest absolute Gasteiger partial charge is 0.348 e. The fourth-order valence-electron chi connectivity index (χ4n) is 4.71. The van der Waals surface area contributed by atoms with Gasteiger partial charge in [-0.3, -0.25) is 0 Å². The molecule has 0 rings (SSSR count). The minimum Gasteiger partial charge on any atom is -0.394 e. The topological polar surface area (TPSA) is 21.7 Å². The summed E-state index contributed by atoms with van der Waals surface area (Å²) < 4.78 is 15.1. The Morgan fingerprint density at radius 2 is 1.14 bits per heavy atom. The lowest BCUT2D eigenvalue weighted by atomic mass is 10.5. The number of nitrogens with zero attached hydrogens (tertiary/aromatic N) is 1. The second-order valence-corrected chi connectivity index (χ2v) is 16.4. The molecule has 5 heteroatoms. The van der Waals surface area contributed by atoms with E-state index in [1.54, 1.807) is 0 Å². The lowest BCUT2D eigenvalue weighted by Gasteiger charge is -2.52. The van der Waals surface area contributed by atoms with Gasteiger partial charge < -0.3 is 13.4 Å². The molecule has 0 atom stereocenters. The van der Waals surface area contributed by atoms with E-state index in [0.717, 1.165) is 42.6 Å². The summed E-state index contributed by atoms with van der Waals surface area (Å²) in [5.74, 6) is 0. The molecule has 0 saturated heterocycles. The predicted molar refractivity (Wildman–Crippen MR) is 103 cm³/mol. The van der Waals surface area contributed by atoms with Crippen molar-refractivity contribution in [2.24, 2.45) is 0 Å². The molecule has 0 aromatic rings. The van der Waals surface area contributed by atoms with Crippen LogP contribution in [0, 0.1) is 0 Å². The molecule has 134 valence electrons. The quantitative estimate of drug-likeness (QED) is 0.481. The van der Waals surface area contributed by atoms with Gasteiger partial charge in [-0.05, 0) is 43.6 Å². The minimum absolute atomic E-state index is 0.731. The second-order valence-electron chi connectivity index (χ2n) is 7.37. The summed E-state index contributed by atoms with van der Waals surface area (Å²) in [6.45, 7) is 25.9. The van der Waals surface area contributed by atoms with Crippen LogP contribution >= 0.6 is 0 Å². The molecule has 0 aromatic carbocycles. The molecule has 0 aliphatic carbocycles. The zero-order valence-electron chi connectivity index (χ0n) is 16.8. The van der Waals surface area contributed by atoms with Crippen LogP contribution in [0.1, 0.15) is 62.3 Å². The fraction of sp³-hybridized carbons (Fsp3) is 1.00. The van der Waals surface area contributed by atoms with Gasteiger partial charge in [0.05, 0.1) is 0 Å². The molecule has 3 nitrogen and oxygen atoms in total. The first-order valence-electron chi connectivity index (χ1n) is 9.15. The van der Waals surface area contributed by atoms with E-state index < -0.39 is 16.8 Å². The Balaban J connectivity index is 5.66. The van der Waals surface area contributed by atoms with Crippen molar-refractivity contribution in [2.75, 3.05) is 25.9 Å². The highest BCUT2D eigenvalue weighted by atomic mass is 28.4. The third kappa shape index (κ3) is 4.90. The van der Waals surface area contributed by atoms with Crippen molar-refractivity contribution in [1.82, 2.24) is 4.57 Å². The van der Waals surface area contributed by atoms with E-state index in [1.807, 2.05) is 0 Å². The molecule has 0 spiro atoms. The van der Waals surface area contributed by atoms with Crippen molar-refractivity contribution in [3.63, 3.8) is 0 Å². The van der Waals surface area contributed by atoms with Crippen LogP contribution in [-0.4, -0.2) is 47.3 Å². The predicted octanol–water partition coefficient (Wildman–Crippen LogP) is 5.17. The van der Waals surface area contributed by atoms with E-state index in [9.17, 15) is 0 Å². The van der Waals surface area contributed by atoms with Crippen LogP contribution in [-0.2, 0) is 8.85 Å². The third-order valence-corrected chi connectivity index (χ3v) is 15.3. The highest BCUT2D eigenvalue weighted by molar-refractivity contribution is 6.82. The van der Waals surface area contributed by atoms with Gasteiger partial charge >= 0.3 is 8.56 Å². The number of rotatable bonds is 11. The Bertz CT molecular complexity index is 281. The van der Waals surface area contributed by atoms with Gasteiger partial charge in [-0.15, -0.1) is 0 Å². The molecular formula is C17H41NO2Si2. The molecule has 0 fully saturated rings. The maximum Gasteiger partial charge on any atom is 0.348 e. The van der Waals surface area contributed by atoms with Crippen LogP contribution < -0.4 is 0 Å². The van der Waals surface area contributed by atoms with Crippen LogP contribution in [0.15, 0.2) is 0 Å². The molecule has 0 bridgehead atoms. The fourth-order valence-corrected chi connectivity index (χ4v) is 15.8. The van der Waals surface area contributed by atoms with Gasteiger partial charge in [-0.25, -0.2) is 0 Å². The standard InChI is InChI=1S/C17H41NO2Si2/c1-11-18(14-21(10,19-12-2)20-13-3)22(15(4)5,16(6)7)17(8)9/h15-17H,11-14H2,1-10H3. The van der Waals surface area contributed by atoms with Crippen LogP contribution in [0.25, 0.3) is 0 Å². The highest BCUT2D eigenvalue weighted by Gasteiger charge is 2.50. The first kappa shape index (κ1) is 22.3. The summed E-state index contributed by atoms with van der Waals surface area (Å²) in [6, 6.07) is 0. The van der Waals surface area contributed by atoms with Gasteiger partial charge in [0, 0.05) is 19.4 Å². The van der Waals surface area contributed by atoms with Crippen molar-refractivity contribution in [1.29, 1.82) is 0 Å². The van der Waals surface area contributed by atoms with Crippen LogP contribution in [0.2, 0.25) is 23.2 Å².